The minimum Gasteiger partial charge on any atom is -0.429 e. The molecule has 0 saturated heterocycles. The highest BCUT2D eigenvalue weighted by Crippen LogP contribution is 2.39. The van der Waals surface area contributed by atoms with E-state index < -0.39 is 4.92 Å². The van der Waals surface area contributed by atoms with Gasteiger partial charge in [0.15, 0.2) is 0 Å². The van der Waals surface area contributed by atoms with Crippen LogP contribution in [0.2, 0.25) is 5.02 Å². The van der Waals surface area contributed by atoms with Crippen molar-refractivity contribution in [3.05, 3.63) is 44.8 Å². The highest BCUT2D eigenvalue weighted by atomic mass is 35.5. The summed E-state index contributed by atoms with van der Waals surface area (Å²) < 4.78 is 5.56. The van der Waals surface area contributed by atoms with Crippen molar-refractivity contribution in [3.63, 3.8) is 0 Å². The average molecular weight is 323 g/mol. The van der Waals surface area contributed by atoms with E-state index in [2.05, 4.69) is 9.97 Å². The van der Waals surface area contributed by atoms with Crippen LogP contribution in [0.4, 0.5) is 11.6 Å². The molecule has 0 aliphatic carbocycles. The lowest BCUT2D eigenvalue weighted by Crippen LogP contribution is -1.99. The molecule has 0 spiro atoms. The molecule has 0 atom stereocenters. The van der Waals surface area contributed by atoms with Crippen LogP contribution in [0.3, 0.4) is 0 Å². The fourth-order valence-electron chi connectivity index (χ4n) is 1.76. The molecule has 2 N–H and O–H groups in total. The summed E-state index contributed by atoms with van der Waals surface area (Å²) in [5, 5.41) is 13.6. The van der Waals surface area contributed by atoms with Crippen LogP contribution in [0.1, 0.15) is 0 Å². The number of rotatable bonds is 3. The number of ether oxygens (including phenoxy) is 1. The summed E-state index contributed by atoms with van der Waals surface area (Å²) in [7, 11) is 0. The normalized spacial score (nSPS) is 10.7. The zero-order valence-electron chi connectivity index (χ0n) is 10.3. The Labute approximate surface area is 127 Å². The predicted molar refractivity (Wildman–Crippen MR) is 80.0 cm³/mol. The van der Waals surface area contributed by atoms with Gasteiger partial charge in [0.25, 0.3) is 0 Å². The maximum Gasteiger partial charge on any atom is 0.313 e. The van der Waals surface area contributed by atoms with E-state index in [1.165, 1.54) is 29.5 Å². The van der Waals surface area contributed by atoms with Crippen LogP contribution in [0.25, 0.3) is 10.2 Å². The molecule has 0 radical (unpaired) electrons. The van der Waals surface area contributed by atoms with E-state index >= 15 is 0 Å². The average Bonchev–Trinajstić information content (AvgIpc) is 2.88. The Kier molecular flexibility index (Phi) is 3.32. The number of hydrogen-bond donors (Lipinski definition) is 1. The lowest BCUT2D eigenvalue weighted by atomic mass is 10.3. The van der Waals surface area contributed by atoms with Crippen LogP contribution in [0, 0.1) is 10.1 Å². The Bertz CT molecular complexity index is 852. The van der Waals surface area contributed by atoms with Crippen molar-refractivity contribution in [3.8, 4) is 11.6 Å². The zero-order chi connectivity index (χ0) is 15.0. The topological polar surface area (TPSA) is 104 Å². The summed E-state index contributed by atoms with van der Waals surface area (Å²) in [4.78, 5) is 19.2. The Morgan fingerprint density at radius 1 is 1.33 bits per heavy atom. The standard InChI is InChI=1S/C12H7ClN4O3S/c13-7-2-1-3-8(17(18)19)9(7)20-10-6-4-5-21-11(6)16-12(14)15-10/h1-5H,(H2,14,15,16). The van der Waals surface area contributed by atoms with Gasteiger partial charge in [-0.25, -0.2) is 4.98 Å². The molecule has 106 valence electrons. The largest absolute Gasteiger partial charge is 0.429 e. The smallest absolute Gasteiger partial charge is 0.313 e. The molecule has 0 bridgehead atoms. The van der Waals surface area contributed by atoms with Crippen molar-refractivity contribution in [2.75, 3.05) is 5.73 Å². The number of aromatic nitrogens is 2. The number of benzene rings is 1. The molecule has 2 heterocycles. The molecule has 0 aliphatic heterocycles. The number of para-hydroxylation sites is 1. The molecule has 1 aromatic carbocycles. The van der Waals surface area contributed by atoms with Crippen molar-refractivity contribution >= 4 is 44.8 Å². The van der Waals surface area contributed by atoms with Crippen molar-refractivity contribution < 1.29 is 9.66 Å². The Morgan fingerprint density at radius 2 is 2.14 bits per heavy atom. The van der Waals surface area contributed by atoms with Crippen molar-refractivity contribution in [1.29, 1.82) is 0 Å². The second-order valence-electron chi connectivity index (χ2n) is 3.97. The number of nitro groups is 1. The van der Waals surface area contributed by atoms with Gasteiger partial charge in [0.2, 0.25) is 17.6 Å². The molecule has 9 heteroatoms. The second kappa shape index (κ2) is 5.15. The number of hydrogen-bond acceptors (Lipinski definition) is 7. The quantitative estimate of drug-likeness (QED) is 0.583. The lowest BCUT2D eigenvalue weighted by molar-refractivity contribution is -0.385. The van der Waals surface area contributed by atoms with E-state index in [0.29, 0.717) is 10.2 Å². The highest BCUT2D eigenvalue weighted by molar-refractivity contribution is 7.16. The molecule has 7 nitrogen and oxygen atoms in total. The van der Waals surface area contributed by atoms with E-state index in [0.717, 1.165) is 0 Å². The number of nitrogens with zero attached hydrogens (tertiary/aromatic N) is 3. The van der Waals surface area contributed by atoms with Crippen molar-refractivity contribution in [1.82, 2.24) is 9.97 Å². The van der Waals surface area contributed by atoms with E-state index in [4.69, 9.17) is 22.1 Å². The van der Waals surface area contributed by atoms with Gasteiger partial charge in [-0.05, 0) is 17.5 Å². The van der Waals surface area contributed by atoms with E-state index in [9.17, 15) is 10.1 Å². The van der Waals surface area contributed by atoms with Gasteiger partial charge in [-0.3, -0.25) is 10.1 Å². The molecule has 0 fully saturated rings. The Balaban J connectivity index is 2.15. The third kappa shape index (κ3) is 2.46. The molecule has 0 aliphatic rings. The molecule has 3 rings (SSSR count). The summed E-state index contributed by atoms with van der Waals surface area (Å²) in [5.41, 5.74) is 5.36. The zero-order valence-corrected chi connectivity index (χ0v) is 11.9. The molecule has 2 aromatic heterocycles. The Hall–Kier alpha value is -2.45. The summed E-state index contributed by atoms with van der Waals surface area (Å²) in [5.74, 6) is 0.0828. The van der Waals surface area contributed by atoms with Gasteiger partial charge in [-0.2, -0.15) is 4.98 Å². The first-order valence-corrected chi connectivity index (χ1v) is 6.93. The maximum atomic E-state index is 11.1. The molecule has 3 aromatic rings. The maximum absolute atomic E-state index is 11.1. The summed E-state index contributed by atoms with van der Waals surface area (Å²) in [6, 6.07) is 6.02. The number of nitrogen functional groups attached to an aromatic ring is 1. The van der Waals surface area contributed by atoms with Gasteiger partial charge < -0.3 is 10.5 Å². The SMILES string of the molecule is Nc1nc(Oc2c(Cl)cccc2[N+](=O)[O-])c2ccsc2n1. The Morgan fingerprint density at radius 3 is 2.90 bits per heavy atom. The van der Waals surface area contributed by atoms with Crippen LogP contribution >= 0.6 is 22.9 Å². The van der Waals surface area contributed by atoms with Gasteiger partial charge in [-0.15, -0.1) is 11.3 Å². The number of nitrogens with two attached hydrogens (primary N) is 1. The molecule has 21 heavy (non-hydrogen) atoms. The van der Waals surface area contributed by atoms with Gasteiger partial charge in [0.1, 0.15) is 4.83 Å². The van der Waals surface area contributed by atoms with Gasteiger partial charge in [0, 0.05) is 6.07 Å². The minimum absolute atomic E-state index is 0.0228. The molecular weight excluding hydrogens is 316 g/mol. The summed E-state index contributed by atoms with van der Waals surface area (Å²) in [6.07, 6.45) is 0. The van der Waals surface area contributed by atoms with Crippen LogP contribution in [0.15, 0.2) is 29.6 Å². The van der Waals surface area contributed by atoms with Crippen LogP contribution in [0.5, 0.6) is 11.6 Å². The second-order valence-corrected chi connectivity index (χ2v) is 5.28. The molecule has 0 amide bonds. The summed E-state index contributed by atoms with van der Waals surface area (Å²) in [6.45, 7) is 0. The third-order valence-corrected chi connectivity index (χ3v) is 3.75. The van der Waals surface area contributed by atoms with E-state index in [1.807, 2.05) is 0 Å². The van der Waals surface area contributed by atoms with Crippen LogP contribution < -0.4 is 10.5 Å². The van der Waals surface area contributed by atoms with E-state index in [-0.39, 0.29) is 28.3 Å². The van der Waals surface area contributed by atoms with Crippen molar-refractivity contribution in [2.45, 2.75) is 0 Å². The number of fused-ring (bicyclic) bond motifs is 1. The fourth-order valence-corrected chi connectivity index (χ4v) is 2.73. The number of halogens is 1. The third-order valence-electron chi connectivity index (χ3n) is 2.65. The predicted octanol–water partition coefficient (Wildman–Crippen LogP) is 3.63. The fraction of sp³-hybridized carbons (Fsp3) is 0. The number of nitro benzene ring substituents is 1. The van der Waals surface area contributed by atoms with Crippen LogP contribution in [-0.4, -0.2) is 14.9 Å². The van der Waals surface area contributed by atoms with Crippen molar-refractivity contribution in [2.24, 2.45) is 0 Å². The minimum atomic E-state index is -0.573. The van der Waals surface area contributed by atoms with Gasteiger partial charge in [-0.1, -0.05) is 17.7 Å². The highest BCUT2D eigenvalue weighted by Gasteiger charge is 2.21. The molecule has 0 unspecified atom stereocenters. The molecular formula is C12H7ClN4O3S. The first-order chi connectivity index (χ1) is 10.1. The lowest BCUT2D eigenvalue weighted by Gasteiger charge is -2.08. The summed E-state index contributed by atoms with van der Waals surface area (Å²) >= 11 is 7.35. The monoisotopic (exact) mass is 322 g/mol. The van der Waals surface area contributed by atoms with Gasteiger partial charge >= 0.3 is 5.69 Å². The number of anilines is 1. The van der Waals surface area contributed by atoms with Crippen LogP contribution in [-0.2, 0) is 0 Å². The van der Waals surface area contributed by atoms with E-state index in [1.54, 1.807) is 11.4 Å². The number of thiophene rings is 1. The first kappa shape index (κ1) is 13.5. The molecule has 0 saturated carbocycles. The van der Waals surface area contributed by atoms with Gasteiger partial charge in [0.05, 0.1) is 15.3 Å². The first-order valence-electron chi connectivity index (χ1n) is 5.67.